The van der Waals surface area contributed by atoms with Gasteiger partial charge in [0.05, 0.1) is 5.69 Å². The first-order chi connectivity index (χ1) is 11.6. The second-order valence-corrected chi connectivity index (χ2v) is 8.14. The van der Waals surface area contributed by atoms with Gasteiger partial charge in [0.25, 0.3) is 0 Å². The minimum absolute atomic E-state index is 0.0998. The van der Waals surface area contributed by atoms with E-state index in [9.17, 15) is 4.79 Å². The highest BCUT2D eigenvalue weighted by molar-refractivity contribution is 5.92. The van der Waals surface area contributed by atoms with Gasteiger partial charge < -0.3 is 14.6 Å². The number of fused-ring (bicyclic) bond motifs is 1. The van der Waals surface area contributed by atoms with Crippen LogP contribution < -0.4 is 10.1 Å². The summed E-state index contributed by atoms with van der Waals surface area (Å²) in [5.41, 5.74) is 1.43. The molecule has 2 aromatic rings. The fourth-order valence-corrected chi connectivity index (χ4v) is 2.81. The van der Waals surface area contributed by atoms with Crippen LogP contribution in [0.3, 0.4) is 0 Å². The molecule has 0 radical (unpaired) electrons. The zero-order chi connectivity index (χ0) is 18.2. The molecule has 6 nitrogen and oxygen atoms in total. The van der Waals surface area contributed by atoms with Gasteiger partial charge >= 0.3 is 0 Å². The van der Waals surface area contributed by atoms with Crippen molar-refractivity contribution in [3.63, 3.8) is 0 Å². The Morgan fingerprint density at radius 2 is 2.08 bits per heavy atom. The Morgan fingerprint density at radius 3 is 2.76 bits per heavy atom. The molecular weight excluding hydrogens is 318 g/mol. The summed E-state index contributed by atoms with van der Waals surface area (Å²) in [5, 5.41) is 6.91. The third-order valence-electron chi connectivity index (χ3n) is 4.07. The van der Waals surface area contributed by atoms with E-state index in [2.05, 4.69) is 15.5 Å². The Bertz CT molecular complexity index is 787. The van der Waals surface area contributed by atoms with Crippen LogP contribution in [0.4, 0.5) is 5.69 Å². The molecule has 6 heteroatoms. The predicted octanol–water partition coefficient (Wildman–Crippen LogP) is 3.65. The molecule has 1 amide bonds. The van der Waals surface area contributed by atoms with Gasteiger partial charge in [0, 0.05) is 30.2 Å². The summed E-state index contributed by atoms with van der Waals surface area (Å²) in [6.07, 6.45) is 1.53. The van der Waals surface area contributed by atoms with Crippen molar-refractivity contribution < 1.29 is 14.1 Å². The van der Waals surface area contributed by atoms with E-state index in [-0.39, 0.29) is 23.3 Å². The molecule has 3 rings (SSSR count). The number of carbonyl (C=O) groups is 1. The first-order valence-corrected chi connectivity index (χ1v) is 8.58. The number of anilines is 1. The molecule has 0 unspecified atom stereocenters. The molecule has 0 spiro atoms. The van der Waals surface area contributed by atoms with Gasteiger partial charge in [0.2, 0.25) is 11.8 Å². The van der Waals surface area contributed by atoms with Crippen LogP contribution in [-0.4, -0.2) is 21.6 Å². The van der Waals surface area contributed by atoms with Gasteiger partial charge in [0.1, 0.15) is 11.4 Å². The first-order valence-electron chi connectivity index (χ1n) is 8.58. The maximum Gasteiger partial charge on any atom is 0.227 e. The quantitative estimate of drug-likeness (QED) is 0.917. The zero-order valence-electron chi connectivity index (χ0n) is 15.5. The molecule has 1 aliphatic rings. The number of nitrogens with zero attached hydrogens (tertiary/aromatic N) is 2. The van der Waals surface area contributed by atoms with E-state index in [4.69, 9.17) is 9.26 Å². The molecule has 0 fully saturated rings. The monoisotopic (exact) mass is 343 g/mol. The second kappa shape index (κ2) is 6.17. The summed E-state index contributed by atoms with van der Waals surface area (Å²) >= 11 is 0. The highest BCUT2D eigenvalue weighted by Gasteiger charge is 2.32. The highest BCUT2D eigenvalue weighted by atomic mass is 16.5. The predicted molar refractivity (Wildman–Crippen MR) is 94.8 cm³/mol. The van der Waals surface area contributed by atoms with E-state index in [0.717, 1.165) is 17.7 Å². The number of rotatable bonds is 4. The number of amides is 1. The van der Waals surface area contributed by atoms with E-state index in [1.54, 1.807) is 0 Å². The van der Waals surface area contributed by atoms with Crippen LogP contribution in [0.2, 0.25) is 0 Å². The maximum absolute atomic E-state index is 12.3. The van der Waals surface area contributed by atoms with Crippen LogP contribution >= 0.6 is 0 Å². The van der Waals surface area contributed by atoms with Crippen molar-refractivity contribution in [1.29, 1.82) is 0 Å². The van der Waals surface area contributed by atoms with Crippen molar-refractivity contribution in [3.8, 4) is 5.75 Å². The number of aromatic nitrogens is 2. The highest BCUT2D eigenvalue weighted by Crippen LogP contribution is 2.40. The number of para-hydroxylation sites is 1. The van der Waals surface area contributed by atoms with E-state index in [1.165, 1.54) is 0 Å². The average Bonchev–Trinajstić information content (AvgIpc) is 3.08. The topological polar surface area (TPSA) is 77.3 Å². The summed E-state index contributed by atoms with van der Waals surface area (Å²) in [6.45, 7) is 10.1. The Kier molecular flexibility index (Phi) is 4.31. The van der Waals surface area contributed by atoms with Gasteiger partial charge in [-0.2, -0.15) is 4.98 Å². The summed E-state index contributed by atoms with van der Waals surface area (Å²) in [7, 11) is 0. The first kappa shape index (κ1) is 17.5. The average molecular weight is 343 g/mol. The van der Waals surface area contributed by atoms with E-state index in [0.29, 0.717) is 23.8 Å². The Morgan fingerprint density at radius 1 is 1.32 bits per heavy atom. The lowest BCUT2D eigenvalue weighted by Crippen LogP contribution is -2.25. The van der Waals surface area contributed by atoms with Crippen LogP contribution in [-0.2, 0) is 23.1 Å². The Hall–Kier alpha value is -2.37. The molecular formula is C19H25N3O3. The molecule has 0 atom stereocenters. The molecule has 1 aromatic carbocycles. The summed E-state index contributed by atoms with van der Waals surface area (Å²) in [5.74, 6) is 1.81. The van der Waals surface area contributed by atoms with Gasteiger partial charge in [-0.1, -0.05) is 38.1 Å². The number of hydrogen-bond acceptors (Lipinski definition) is 5. The molecule has 2 heterocycles. The van der Waals surface area contributed by atoms with Crippen LogP contribution in [0.25, 0.3) is 0 Å². The zero-order valence-corrected chi connectivity index (χ0v) is 15.5. The summed E-state index contributed by atoms with van der Waals surface area (Å²) < 4.78 is 11.2. The standard InChI is InChI=1S/C19H25N3O3/c1-18(2,3)17-21-15(25-22-17)10-9-14(23)20-13-8-6-7-12-11-19(4,5)24-16(12)13/h6-8H,9-11H2,1-5H3,(H,20,23). The van der Waals surface area contributed by atoms with E-state index >= 15 is 0 Å². The van der Waals surface area contributed by atoms with Crippen molar-refractivity contribution in [3.05, 3.63) is 35.5 Å². The third-order valence-corrected chi connectivity index (χ3v) is 4.07. The maximum atomic E-state index is 12.3. The fourth-order valence-electron chi connectivity index (χ4n) is 2.81. The smallest absolute Gasteiger partial charge is 0.227 e. The lowest BCUT2D eigenvalue weighted by atomic mass is 9.96. The molecule has 1 N–H and O–H groups in total. The van der Waals surface area contributed by atoms with Crippen LogP contribution in [0, 0.1) is 0 Å². The SMILES string of the molecule is CC1(C)Cc2cccc(NC(=O)CCc3nc(C(C)(C)C)no3)c2O1. The summed E-state index contributed by atoms with van der Waals surface area (Å²) in [4.78, 5) is 16.6. The molecule has 1 aliphatic heterocycles. The molecule has 134 valence electrons. The number of hydrogen-bond donors (Lipinski definition) is 1. The van der Waals surface area contributed by atoms with Crippen molar-refractivity contribution >= 4 is 11.6 Å². The van der Waals surface area contributed by atoms with E-state index in [1.807, 2.05) is 52.8 Å². The van der Waals surface area contributed by atoms with E-state index < -0.39 is 0 Å². The van der Waals surface area contributed by atoms with Crippen LogP contribution in [0.1, 0.15) is 58.3 Å². The van der Waals surface area contributed by atoms with Gasteiger partial charge in [-0.3, -0.25) is 4.79 Å². The van der Waals surface area contributed by atoms with Crippen LogP contribution in [0.5, 0.6) is 5.75 Å². The van der Waals surface area contributed by atoms with Crippen molar-refractivity contribution in [1.82, 2.24) is 10.1 Å². The van der Waals surface area contributed by atoms with Crippen molar-refractivity contribution in [2.24, 2.45) is 0 Å². The molecule has 25 heavy (non-hydrogen) atoms. The number of ether oxygens (including phenoxy) is 1. The minimum atomic E-state index is -0.240. The lowest BCUT2D eigenvalue weighted by molar-refractivity contribution is -0.116. The van der Waals surface area contributed by atoms with Crippen LogP contribution in [0.15, 0.2) is 22.7 Å². The van der Waals surface area contributed by atoms with Crippen molar-refractivity contribution in [2.75, 3.05) is 5.32 Å². The minimum Gasteiger partial charge on any atom is -0.485 e. The number of aryl methyl sites for hydroxylation is 1. The second-order valence-electron chi connectivity index (χ2n) is 8.14. The molecule has 0 saturated carbocycles. The van der Waals surface area contributed by atoms with Gasteiger partial charge in [-0.05, 0) is 19.9 Å². The number of nitrogens with one attached hydrogen (secondary N) is 1. The van der Waals surface area contributed by atoms with Gasteiger partial charge in [0.15, 0.2) is 5.82 Å². The fraction of sp³-hybridized carbons (Fsp3) is 0.526. The molecule has 1 aromatic heterocycles. The third kappa shape index (κ3) is 4.00. The Labute approximate surface area is 148 Å². The normalized spacial score (nSPS) is 15.6. The number of benzene rings is 1. The molecule has 0 bridgehead atoms. The summed E-state index contributed by atoms with van der Waals surface area (Å²) in [6, 6.07) is 5.83. The largest absolute Gasteiger partial charge is 0.485 e. The van der Waals surface area contributed by atoms with Gasteiger partial charge in [-0.25, -0.2) is 0 Å². The molecule has 0 saturated heterocycles. The van der Waals surface area contributed by atoms with Gasteiger partial charge in [-0.15, -0.1) is 0 Å². The van der Waals surface area contributed by atoms with Crippen molar-refractivity contribution in [2.45, 2.75) is 64.9 Å². The number of carbonyl (C=O) groups excluding carboxylic acids is 1. The Balaban J connectivity index is 1.61. The lowest BCUT2D eigenvalue weighted by Gasteiger charge is -2.18. The molecule has 0 aliphatic carbocycles.